The quantitative estimate of drug-likeness (QED) is 0.351. The first-order valence-corrected chi connectivity index (χ1v) is 10.3. The number of unbranched alkanes of at least 4 members (excludes halogenated alkanes) is 1. The van der Waals surface area contributed by atoms with E-state index in [0.29, 0.717) is 19.0 Å². The van der Waals surface area contributed by atoms with Gasteiger partial charge in [-0.25, -0.2) is 4.79 Å². The molecule has 0 radical (unpaired) electrons. The van der Waals surface area contributed by atoms with E-state index < -0.39 is 17.8 Å². The Hall–Kier alpha value is -2.35. The summed E-state index contributed by atoms with van der Waals surface area (Å²) in [5.41, 5.74) is 0.240. The second-order valence-electron chi connectivity index (χ2n) is 7.88. The zero-order valence-corrected chi connectivity index (χ0v) is 18.4. The van der Waals surface area contributed by atoms with Crippen molar-refractivity contribution in [3.63, 3.8) is 0 Å². The summed E-state index contributed by atoms with van der Waals surface area (Å²) in [5, 5.41) is 19.7. The van der Waals surface area contributed by atoms with Crippen molar-refractivity contribution in [2.75, 3.05) is 19.6 Å². The minimum atomic E-state index is -0.706. The van der Waals surface area contributed by atoms with Crippen molar-refractivity contribution in [1.29, 1.82) is 0 Å². The number of aliphatic hydroxyl groups excluding tert-OH is 1. The summed E-state index contributed by atoms with van der Waals surface area (Å²) in [6, 6.07) is 3.54. The van der Waals surface area contributed by atoms with E-state index in [1.807, 2.05) is 27.7 Å². The maximum atomic E-state index is 12.0. The maximum absolute atomic E-state index is 12.0. The molecule has 1 rings (SSSR count). The normalized spacial score (nSPS) is 14.1. The van der Waals surface area contributed by atoms with E-state index in [2.05, 4.69) is 32.9 Å². The second-order valence-corrected chi connectivity index (χ2v) is 7.88. The van der Waals surface area contributed by atoms with Gasteiger partial charge in [-0.3, -0.25) is 9.98 Å². The minimum Gasteiger partial charge on any atom is -0.444 e. The molecule has 0 spiro atoms. The van der Waals surface area contributed by atoms with E-state index in [0.717, 1.165) is 24.8 Å². The lowest BCUT2D eigenvalue weighted by Crippen LogP contribution is -2.49. The topological polar surface area (TPSA) is 108 Å². The first kappa shape index (κ1) is 24.7. The van der Waals surface area contributed by atoms with Crippen LogP contribution < -0.4 is 16.0 Å². The lowest BCUT2D eigenvalue weighted by atomic mass is 10.1. The van der Waals surface area contributed by atoms with Gasteiger partial charge >= 0.3 is 6.09 Å². The van der Waals surface area contributed by atoms with Crippen LogP contribution in [0.25, 0.3) is 0 Å². The fourth-order valence-corrected chi connectivity index (χ4v) is 2.58. The van der Waals surface area contributed by atoms with Crippen molar-refractivity contribution in [2.24, 2.45) is 4.99 Å². The second kappa shape index (κ2) is 13.0. The van der Waals surface area contributed by atoms with Crippen LogP contribution in [0.15, 0.2) is 29.5 Å². The Balaban J connectivity index is 2.70. The molecule has 0 saturated heterocycles. The largest absolute Gasteiger partial charge is 0.444 e. The standard InChI is InChI=1S/C21H37N5O3/c1-6-8-9-17(14-25-20(28)29-21(3,4)5)26-19(23-7-2)24-15-18(27)16-10-12-22-13-11-16/h10-13,17-18,27H,6-9,14-15H2,1-5H3,(H,25,28)(H2,23,24,26). The Morgan fingerprint density at radius 1 is 1.24 bits per heavy atom. The smallest absolute Gasteiger partial charge is 0.407 e. The molecule has 8 heteroatoms. The predicted molar refractivity (Wildman–Crippen MR) is 116 cm³/mol. The van der Waals surface area contributed by atoms with E-state index >= 15 is 0 Å². The van der Waals surface area contributed by atoms with Gasteiger partial charge < -0.3 is 25.8 Å². The number of guanidine groups is 1. The lowest BCUT2D eigenvalue weighted by Gasteiger charge is -2.24. The molecule has 1 aromatic heterocycles. The number of amides is 1. The Kier molecular flexibility index (Phi) is 11.1. The fourth-order valence-electron chi connectivity index (χ4n) is 2.58. The van der Waals surface area contributed by atoms with Crippen molar-refractivity contribution < 1.29 is 14.6 Å². The van der Waals surface area contributed by atoms with Crippen molar-refractivity contribution in [3.8, 4) is 0 Å². The molecule has 1 heterocycles. The highest BCUT2D eigenvalue weighted by Crippen LogP contribution is 2.11. The Labute approximate surface area is 174 Å². The highest BCUT2D eigenvalue weighted by atomic mass is 16.6. The predicted octanol–water partition coefficient (Wildman–Crippen LogP) is 2.75. The molecule has 0 bridgehead atoms. The molecule has 8 nitrogen and oxygen atoms in total. The highest BCUT2D eigenvalue weighted by Gasteiger charge is 2.18. The first-order valence-electron chi connectivity index (χ1n) is 10.3. The van der Waals surface area contributed by atoms with Crippen LogP contribution in [0.3, 0.4) is 0 Å². The van der Waals surface area contributed by atoms with Gasteiger partial charge in [0.25, 0.3) is 0 Å². The monoisotopic (exact) mass is 407 g/mol. The van der Waals surface area contributed by atoms with Crippen LogP contribution in [-0.2, 0) is 4.74 Å². The molecule has 1 aromatic rings. The summed E-state index contributed by atoms with van der Waals surface area (Å²) in [4.78, 5) is 20.4. The van der Waals surface area contributed by atoms with Crippen LogP contribution >= 0.6 is 0 Å². The van der Waals surface area contributed by atoms with Crippen LogP contribution in [0.5, 0.6) is 0 Å². The van der Waals surface area contributed by atoms with Gasteiger partial charge in [0.15, 0.2) is 5.96 Å². The summed E-state index contributed by atoms with van der Waals surface area (Å²) in [5.74, 6) is 0.604. The van der Waals surface area contributed by atoms with Crippen molar-refractivity contribution >= 4 is 12.1 Å². The Bertz CT molecular complexity index is 616. The van der Waals surface area contributed by atoms with E-state index in [9.17, 15) is 9.90 Å². The summed E-state index contributed by atoms with van der Waals surface area (Å²) < 4.78 is 5.31. The van der Waals surface area contributed by atoms with Gasteiger partial charge in [0.1, 0.15) is 5.60 Å². The summed E-state index contributed by atoms with van der Waals surface area (Å²) in [6.45, 7) is 11.0. The highest BCUT2D eigenvalue weighted by molar-refractivity contribution is 5.80. The number of nitrogens with zero attached hydrogens (tertiary/aromatic N) is 2. The van der Waals surface area contributed by atoms with Crippen molar-refractivity contribution in [1.82, 2.24) is 20.9 Å². The van der Waals surface area contributed by atoms with Gasteiger partial charge in [0, 0.05) is 31.5 Å². The first-order chi connectivity index (χ1) is 13.7. The van der Waals surface area contributed by atoms with Crippen LogP contribution in [0, 0.1) is 0 Å². The summed E-state index contributed by atoms with van der Waals surface area (Å²) >= 11 is 0. The van der Waals surface area contributed by atoms with E-state index in [1.165, 1.54) is 0 Å². The third-order valence-corrected chi connectivity index (χ3v) is 4.00. The SMILES string of the molecule is CCCCC(CNC(=O)OC(C)(C)C)NC(=NCC(O)c1ccncc1)NCC. The molecule has 0 aromatic carbocycles. The Morgan fingerprint density at radius 2 is 1.93 bits per heavy atom. The van der Waals surface area contributed by atoms with Gasteiger partial charge in [0.2, 0.25) is 0 Å². The average Bonchev–Trinajstić information content (AvgIpc) is 2.67. The number of aliphatic hydroxyl groups is 1. The number of carbonyl (C=O) groups excluding carboxylic acids is 1. The van der Waals surface area contributed by atoms with E-state index in [-0.39, 0.29) is 12.6 Å². The third-order valence-electron chi connectivity index (χ3n) is 4.00. The fraction of sp³-hybridized carbons (Fsp3) is 0.667. The molecular weight excluding hydrogens is 370 g/mol. The lowest BCUT2D eigenvalue weighted by molar-refractivity contribution is 0.0522. The summed E-state index contributed by atoms with van der Waals surface area (Å²) in [6.07, 6.45) is 5.11. The van der Waals surface area contributed by atoms with Crippen LogP contribution in [0.4, 0.5) is 4.79 Å². The molecular formula is C21H37N5O3. The number of rotatable bonds is 10. The Morgan fingerprint density at radius 3 is 2.52 bits per heavy atom. The van der Waals surface area contributed by atoms with Crippen LogP contribution in [-0.4, -0.2) is 53.4 Å². The average molecular weight is 408 g/mol. The molecule has 2 atom stereocenters. The molecule has 0 aliphatic carbocycles. The van der Waals surface area contributed by atoms with Gasteiger partial charge in [0.05, 0.1) is 12.6 Å². The number of aromatic nitrogens is 1. The number of carbonyl (C=O) groups is 1. The van der Waals surface area contributed by atoms with Gasteiger partial charge in [-0.2, -0.15) is 0 Å². The molecule has 0 aliphatic rings. The maximum Gasteiger partial charge on any atom is 0.407 e. The molecule has 2 unspecified atom stereocenters. The zero-order valence-electron chi connectivity index (χ0n) is 18.4. The number of nitrogens with one attached hydrogen (secondary N) is 3. The zero-order chi connectivity index (χ0) is 21.7. The third kappa shape index (κ3) is 11.3. The molecule has 1 amide bonds. The van der Waals surface area contributed by atoms with E-state index in [1.54, 1.807) is 24.5 Å². The number of pyridine rings is 1. The van der Waals surface area contributed by atoms with Gasteiger partial charge in [-0.05, 0) is 51.8 Å². The number of hydrogen-bond donors (Lipinski definition) is 4. The number of aliphatic imine (C=N–C) groups is 1. The molecule has 0 saturated carbocycles. The minimum absolute atomic E-state index is 0.00154. The van der Waals surface area contributed by atoms with Gasteiger partial charge in [-0.1, -0.05) is 19.8 Å². The van der Waals surface area contributed by atoms with Gasteiger partial charge in [-0.15, -0.1) is 0 Å². The van der Waals surface area contributed by atoms with E-state index in [4.69, 9.17) is 4.74 Å². The number of hydrogen-bond acceptors (Lipinski definition) is 5. The molecule has 164 valence electrons. The molecule has 4 N–H and O–H groups in total. The number of ether oxygens (including phenoxy) is 1. The van der Waals surface area contributed by atoms with Crippen LogP contribution in [0.1, 0.15) is 65.5 Å². The van der Waals surface area contributed by atoms with Crippen molar-refractivity contribution in [2.45, 2.75) is 71.6 Å². The molecule has 0 aliphatic heterocycles. The molecule has 0 fully saturated rings. The number of alkyl carbamates (subject to hydrolysis) is 1. The summed E-state index contributed by atoms with van der Waals surface area (Å²) in [7, 11) is 0. The molecule has 29 heavy (non-hydrogen) atoms. The van der Waals surface area contributed by atoms with Crippen molar-refractivity contribution in [3.05, 3.63) is 30.1 Å². The van der Waals surface area contributed by atoms with Crippen LogP contribution in [0.2, 0.25) is 0 Å².